The first kappa shape index (κ1) is 20.0. The Morgan fingerprint density at radius 1 is 1.12 bits per heavy atom. The third kappa shape index (κ3) is 2.50. The number of hydrogen-bond acceptors (Lipinski definition) is 7. The fourth-order valence-corrected chi connectivity index (χ4v) is 9.48. The summed E-state index contributed by atoms with van der Waals surface area (Å²) in [6, 6.07) is 5.77. The van der Waals surface area contributed by atoms with Crippen LogP contribution in [0.4, 0.5) is 0 Å². The van der Waals surface area contributed by atoms with E-state index >= 15 is 0 Å². The number of thioether (sulfide) groups is 1. The van der Waals surface area contributed by atoms with E-state index in [0.29, 0.717) is 0 Å². The Labute approximate surface area is 190 Å². The molecule has 2 aliphatic carbocycles. The Hall–Kier alpha value is -2.59. The molecule has 1 saturated heterocycles. The first-order valence-electron chi connectivity index (χ1n) is 10.6. The molecule has 10 heteroatoms. The predicted molar refractivity (Wildman–Crippen MR) is 116 cm³/mol. The fraction of sp³-hybridized carbons (Fsp3) is 0.455. The van der Waals surface area contributed by atoms with E-state index in [4.69, 9.17) is 0 Å². The van der Waals surface area contributed by atoms with E-state index in [-0.39, 0.29) is 51.4 Å². The molecule has 2 aliphatic heterocycles. The third-order valence-corrected chi connectivity index (χ3v) is 10.3. The van der Waals surface area contributed by atoms with Gasteiger partial charge in [-0.2, -0.15) is 0 Å². The van der Waals surface area contributed by atoms with Gasteiger partial charge in [-0.3, -0.25) is 19.3 Å². The summed E-state index contributed by atoms with van der Waals surface area (Å²) in [6.07, 6.45) is 0.748. The average Bonchev–Trinajstić information content (AvgIpc) is 3.47. The second-order valence-electron chi connectivity index (χ2n) is 9.11. The highest BCUT2D eigenvalue weighted by Crippen LogP contribution is 2.68. The van der Waals surface area contributed by atoms with Gasteiger partial charge in [-0.15, -0.1) is 11.8 Å². The molecule has 1 aromatic carbocycles. The number of rotatable bonds is 3. The van der Waals surface area contributed by atoms with E-state index in [1.165, 1.54) is 18.3 Å². The largest absolute Gasteiger partial charge is 0.508 e. The number of benzene rings is 1. The number of nitrogens with one attached hydrogen (secondary N) is 1. The van der Waals surface area contributed by atoms with Gasteiger partial charge in [-0.25, -0.2) is 4.79 Å². The Bertz CT molecular complexity index is 1220. The van der Waals surface area contributed by atoms with Crippen molar-refractivity contribution >= 4 is 40.9 Å². The summed E-state index contributed by atoms with van der Waals surface area (Å²) < 4.78 is 0. The summed E-state index contributed by atoms with van der Waals surface area (Å²) in [5.41, 5.74) is 0.964. The number of carboxylic acids is 1. The van der Waals surface area contributed by atoms with E-state index in [2.05, 4.69) is 4.98 Å². The molecule has 4 aliphatic rings. The van der Waals surface area contributed by atoms with Gasteiger partial charge in [-0.1, -0.05) is 23.5 Å². The van der Waals surface area contributed by atoms with Gasteiger partial charge in [0.15, 0.2) is 0 Å². The summed E-state index contributed by atoms with van der Waals surface area (Å²) in [4.78, 5) is 54.9. The lowest BCUT2D eigenvalue weighted by atomic mass is 9.68. The molecule has 6 rings (SSSR count). The number of nitrogens with zero attached hydrogens (tertiary/aromatic N) is 1. The number of carbonyl (C=O) groups excluding carboxylic acids is 2. The Morgan fingerprint density at radius 3 is 2.44 bits per heavy atom. The number of phenolic OH excluding ortho intramolecular Hbond substituents is 1. The number of aromatic hydroxyl groups is 1. The first-order chi connectivity index (χ1) is 15.3. The summed E-state index contributed by atoms with van der Waals surface area (Å²) in [6.45, 7) is 1.38. The topological polar surface area (TPSA) is 128 Å². The maximum absolute atomic E-state index is 13.3. The van der Waals surface area contributed by atoms with Crippen molar-refractivity contribution in [3.05, 3.63) is 44.4 Å². The van der Waals surface area contributed by atoms with E-state index < -0.39 is 23.8 Å². The third-order valence-electron chi connectivity index (χ3n) is 7.75. The van der Waals surface area contributed by atoms with E-state index in [9.17, 15) is 29.4 Å². The number of carbonyl (C=O) groups is 3. The van der Waals surface area contributed by atoms with Crippen molar-refractivity contribution in [2.24, 2.45) is 29.6 Å². The number of hydrogen-bond donors (Lipinski definition) is 3. The molecule has 2 amide bonds. The second-order valence-corrected chi connectivity index (χ2v) is 11.3. The van der Waals surface area contributed by atoms with Gasteiger partial charge in [0.05, 0.1) is 16.9 Å². The number of amides is 2. The van der Waals surface area contributed by atoms with Crippen LogP contribution in [0.1, 0.15) is 29.7 Å². The van der Waals surface area contributed by atoms with Gasteiger partial charge in [0.2, 0.25) is 11.8 Å². The number of thiazole rings is 1. The normalized spacial score (nSPS) is 35.5. The zero-order valence-electron chi connectivity index (χ0n) is 16.9. The Morgan fingerprint density at radius 2 is 1.78 bits per heavy atom. The van der Waals surface area contributed by atoms with Crippen molar-refractivity contribution < 1.29 is 24.6 Å². The lowest BCUT2D eigenvalue weighted by Gasteiger charge is -2.43. The van der Waals surface area contributed by atoms with Crippen molar-refractivity contribution in [3.8, 4) is 5.75 Å². The maximum Gasteiger partial charge on any atom is 0.326 e. The zero-order chi connectivity index (χ0) is 22.5. The lowest BCUT2D eigenvalue weighted by Crippen LogP contribution is -2.44. The van der Waals surface area contributed by atoms with Crippen molar-refractivity contribution in [1.82, 2.24) is 9.88 Å². The second kappa shape index (κ2) is 6.71. The van der Waals surface area contributed by atoms with Crippen LogP contribution in [0.5, 0.6) is 5.75 Å². The van der Waals surface area contributed by atoms with Gasteiger partial charge >= 0.3 is 10.8 Å². The number of fused-ring (bicyclic) bond motifs is 9. The molecular weight excluding hydrogens is 452 g/mol. The number of aromatic amines is 1. The summed E-state index contributed by atoms with van der Waals surface area (Å²) >= 11 is 2.76. The number of phenols is 1. The highest BCUT2D eigenvalue weighted by atomic mass is 32.2. The molecule has 7 unspecified atom stereocenters. The number of aliphatic carboxylic acids is 1. The summed E-state index contributed by atoms with van der Waals surface area (Å²) in [5, 5.41) is 20.1. The monoisotopic (exact) mass is 472 g/mol. The van der Waals surface area contributed by atoms with E-state index in [0.717, 1.165) is 26.8 Å². The number of carboxylic acid groups (broad SMARTS) is 1. The number of imide groups is 1. The number of H-pyrrole nitrogens is 1. The molecule has 0 spiro atoms. The molecule has 32 heavy (non-hydrogen) atoms. The SMILES string of the molecule is CC(C(=O)O)N1C(=O)C2C3CC(C2C1=O)C1C3Sc2[nH]c(=O)sc2[C@@H]1c1ccc(O)cc1. The number of likely N-dealkylation sites (tertiary alicyclic amines) is 1. The quantitative estimate of drug-likeness (QED) is 0.584. The summed E-state index contributed by atoms with van der Waals surface area (Å²) in [5.74, 6) is -2.95. The molecule has 2 saturated carbocycles. The van der Waals surface area contributed by atoms with Crippen LogP contribution in [0.15, 0.2) is 34.1 Å². The van der Waals surface area contributed by atoms with Gasteiger partial charge < -0.3 is 15.2 Å². The van der Waals surface area contributed by atoms with Gasteiger partial charge in [-0.05, 0) is 48.8 Å². The molecule has 166 valence electrons. The van der Waals surface area contributed by atoms with Crippen molar-refractivity contribution in [1.29, 1.82) is 0 Å². The maximum atomic E-state index is 13.3. The van der Waals surface area contributed by atoms with Crippen LogP contribution >= 0.6 is 23.1 Å². The Balaban J connectivity index is 1.45. The highest BCUT2D eigenvalue weighted by Gasteiger charge is 2.70. The molecule has 3 heterocycles. The summed E-state index contributed by atoms with van der Waals surface area (Å²) in [7, 11) is 0. The van der Waals surface area contributed by atoms with Crippen molar-refractivity contribution in [2.75, 3.05) is 0 Å². The van der Waals surface area contributed by atoms with Crippen LogP contribution in [0, 0.1) is 29.6 Å². The van der Waals surface area contributed by atoms with Crippen LogP contribution in [-0.4, -0.2) is 49.2 Å². The van der Waals surface area contributed by atoms with Crippen LogP contribution in [0.2, 0.25) is 0 Å². The minimum atomic E-state index is -1.19. The first-order valence-corrected chi connectivity index (χ1v) is 12.3. The van der Waals surface area contributed by atoms with Gasteiger partial charge in [0.25, 0.3) is 0 Å². The standard InChI is InChI=1S/C22H20N2O6S2/c1-7(21(28)29)24-19(26)14-10-6-11(15(14)20(24)27)16-13(10)12(8-2-4-9(25)5-3-8)17-18(31-16)23-22(30)32-17/h2-5,7,10-16,25H,6H2,1H3,(H,23,30)(H,28,29)/t7?,10?,11?,12-,13?,14?,15?,16?/m1/s1. The van der Waals surface area contributed by atoms with Crippen LogP contribution in [0.3, 0.4) is 0 Å². The lowest BCUT2D eigenvalue weighted by molar-refractivity contribution is -0.154. The molecule has 1 aromatic heterocycles. The number of aromatic nitrogens is 1. The van der Waals surface area contributed by atoms with Crippen molar-refractivity contribution in [3.63, 3.8) is 0 Å². The molecular formula is C22H20N2O6S2. The molecule has 8 atom stereocenters. The minimum absolute atomic E-state index is 0.0430. The highest BCUT2D eigenvalue weighted by molar-refractivity contribution is 8.00. The zero-order valence-corrected chi connectivity index (χ0v) is 18.6. The smallest absolute Gasteiger partial charge is 0.326 e. The minimum Gasteiger partial charge on any atom is -0.508 e. The molecule has 8 nitrogen and oxygen atoms in total. The van der Waals surface area contributed by atoms with Crippen molar-refractivity contribution in [2.45, 2.75) is 35.6 Å². The van der Waals surface area contributed by atoms with Crippen LogP contribution in [0.25, 0.3) is 0 Å². The Kier molecular flexibility index (Phi) is 4.20. The van der Waals surface area contributed by atoms with Crippen LogP contribution < -0.4 is 4.87 Å². The van der Waals surface area contributed by atoms with Gasteiger partial charge in [0, 0.05) is 16.0 Å². The van der Waals surface area contributed by atoms with E-state index in [1.54, 1.807) is 23.9 Å². The predicted octanol–water partition coefficient (Wildman–Crippen LogP) is 2.09. The molecule has 2 aromatic rings. The fourth-order valence-electron chi connectivity index (χ4n) is 6.59. The molecule has 0 radical (unpaired) electrons. The molecule has 3 fully saturated rings. The molecule has 3 N–H and O–H groups in total. The molecule has 2 bridgehead atoms. The van der Waals surface area contributed by atoms with E-state index in [1.807, 2.05) is 12.1 Å². The van der Waals surface area contributed by atoms with Crippen LogP contribution in [-0.2, 0) is 14.4 Å². The average molecular weight is 473 g/mol. The van der Waals surface area contributed by atoms with Gasteiger partial charge in [0.1, 0.15) is 11.8 Å².